The number of hydrogen-bond donors (Lipinski definition) is 3. The molecule has 3 N–H and O–H groups in total. The lowest BCUT2D eigenvalue weighted by atomic mass is 10.2. The number of benzene rings is 2. The standard InChI is InChI=1S/C20H20N4O3/c1-3-27-15-10-8-14(9-11-15)22-20-21-13(2)12-18(24-20)23-17-7-5-4-6-16(17)19(25)26/h4-12H,3H2,1-2H3,(H,25,26)(H2,21,22,23,24). The van der Waals surface area contributed by atoms with E-state index in [1.165, 1.54) is 6.07 Å². The molecule has 3 aromatic rings. The summed E-state index contributed by atoms with van der Waals surface area (Å²) in [6.07, 6.45) is 0. The summed E-state index contributed by atoms with van der Waals surface area (Å²) in [5.41, 5.74) is 2.21. The van der Waals surface area contributed by atoms with E-state index in [1.807, 2.05) is 38.1 Å². The molecule has 0 saturated heterocycles. The number of aromatic nitrogens is 2. The lowest BCUT2D eigenvalue weighted by molar-refractivity contribution is 0.0698. The number of nitrogens with one attached hydrogen (secondary N) is 2. The average Bonchev–Trinajstić information content (AvgIpc) is 2.63. The molecule has 138 valence electrons. The quantitative estimate of drug-likeness (QED) is 0.573. The van der Waals surface area contributed by atoms with Crippen LogP contribution in [0.4, 0.5) is 23.1 Å². The van der Waals surface area contributed by atoms with Crippen molar-refractivity contribution in [3.05, 3.63) is 65.9 Å². The molecule has 0 aliphatic heterocycles. The molecule has 3 rings (SSSR count). The lowest BCUT2D eigenvalue weighted by Gasteiger charge is -2.12. The van der Waals surface area contributed by atoms with Gasteiger partial charge in [0.2, 0.25) is 5.95 Å². The maximum atomic E-state index is 11.4. The number of carbonyl (C=O) groups is 1. The van der Waals surface area contributed by atoms with E-state index in [0.717, 1.165) is 17.1 Å². The van der Waals surface area contributed by atoms with Crippen LogP contribution in [0.25, 0.3) is 0 Å². The largest absolute Gasteiger partial charge is 0.494 e. The molecule has 0 bridgehead atoms. The number of carboxylic acids is 1. The molecule has 1 aromatic heterocycles. The van der Waals surface area contributed by atoms with Crippen LogP contribution in [0.15, 0.2) is 54.6 Å². The van der Waals surface area contributed by atoms with Crippen LogP contribution in [-0.2, 0) is 0 Å². The van der Waals surface area contributed by atoms with Gasteiger partial charge in [-0.3, -0.25) is 0 Å². The first-order chi connectivity index (χ1) is 13.0. The van der Waals surface area contributed by atoms with Crippen molar-refractivity contribution in [3.63, 3.8) is 0 Å². The second kappa shape index (κ2) is 8.18. The minimum atomic E-state index is -1.00. The topological polar surface area (TPSA) is 96.4 Å². The lowest BCUT2D eigenvalue weighted by Crippen LogP contribution is -2.05. The summed E-state index contributed by atoms with van der Waals surface area (Å²) in [5, 5.41) is 15.5. The van der Waals surface area contributed by atoms with Gasteiger partial charge in [-0.15, -0.1) is 0 Å². The fourth-order valence-corrected chi connectivity index (χ4v) is 2.54. The number of anilines is 4. The molecule has 0 fully saturated rings. The van der Waals surface area contributed by atoms with E-state index in [9.17, 15) is 9.90 Å². The third-order valence-electron chi connectivity index (χ3n) is 3.70. The molecule has 0 saturated carbocycles. The smallest absolute Gasteiger partial charge is 0.337 e. The minimum absolute atomic E-state index is 0.176. The Morgan fingerprint density at radius 3 is 2.52 bits per heavy atom. The summed E-state index contributed by atoms with van der Waals surface area (Å²) in [4.78, 5) is 20.2. The van der Waals surface area contributed by atoms with Crippen LogP contribution in [0.1, 0.15) is 23.0 Å². The van der Waals surface area contributed by atoms with Crippen molar-refractivity contribution >= 4 is 29.1 Å². The molecule has 1 heterocycles. The highest BCUT2D eigenvalue weighted by atomic mass is 16.5. The number of ether oxygens (including phenoxy) is 1. The third kappa shape index (κ3) is 4.72. The van der Waals surface area contributed by atoms with Gasteiger partial charge in [-0.25, -0.2) is 9.78 Å². The SMILES string of the molecule is CCOc1ccc(Nc2nc(C)cc(Nc3ccccc3C(=O)O)n2)cc1. The van der Waals surface area contributed by atoms with Crippen molar-refractivity contribution in [1.82, 2.24) is 9.97 Å². The van der Waals surface area contributed by atoms with Gasteiger partial charge in [0.25, 0.3) is 0 Å². The van der Waals surface area contributed by atoms with Crippen LogP contribution in [-0.4, -0.2) is 27.7 Å². The minimum Gasteiger partial charge on any atom is -0.494 e. The van der Waals surface area contributed by atoms with E-state index in [-0.39, 0.29) is 5.56 Å². The Morgan fingerprint density at radius 1 is 1.07 bits per heavy atom. The highest BCUT2D eigenvalue weighted by molar-refractivity contribution is 5.95. The maximum Gasteiger partial charge on any atom is 0.337 e. The van der Waals surface area contributed by atoms with Gasteiger partial charge in [0.15, 0.2) is 0 Å². The number of carboxylic acid groups (broad SMARTS) is 1. The zero-order chi connectivity index (χ0) is 19.2. The van der Waals surface area contributed by atoms with Crippen molar-refractivity contribution in [2.75, 3.05) is 17.2 Å². The van der Waals surface area contributed by atoms with Gasteiger partial charge in [-0.1, -0.05) is 12.1 Å². The van der Waals surface area contributed by atoms with Gasteiger partial charge >= 0.3 is 5.97 Å². The number of hydrogen-bond acceptors (Lipinski definition) is 6. The monoisotopic (exact) mass is 364 g/mol. The van der Waals surface area contributed by atoms with Gasteiger partial charge in [0, 0.05) is 17.4 Å². The first-order valence-electron chi connectivity index (χ1n) is 8.50. The van der Waals surface area contributed by atoms with Crippen molar-refractivity contribution in [2.24, 2.45) is 0 Å². The first-order valence-corrected chi connectivity index (χ1v) is 8.50. The van der Waals surface area contributed by atoms with Gasteiger partial charge in [0.1, 0.15) is 11.6 Å². The summed E-state index contributed by atoms with van der Waals surface area (Å²) in [6.45, 7) is 4.39. The van der Waals surface area contributed by atoms with Crippen molar-refractivity contribution < 1.29 is 14.6 Å². The van der Waals surface area contributed by atoms with Crippen LogP contribution in [0.3, 0.4) is 0 Å². The Labute approximate surface area is 157 Å². The number of nitrogens with zero attached hydrogens (tertiary/aromatic N) is 2. The Hall–Kier alpha value is -3.61. The number of aromatic carboxylic acids is 1. The second-order valence-corrected chi connectivity index (χ2v) is 5.78. The summed E-state index contributed by atoms with van der Waals surface area (Å²) >= 11 is 0. The molecule has 0 amide bonds. The first kappa shape index (κ1) is 18.2. The Balaban J connectivity index is 1.81. The summed E-state index contributed by atoms with van der Waals surface area (Å²) < 4.78 is 5.43. The third-order valence-corrected chi connectivity index (χ3v) is 3.70. The van der Waals surface area contributed by atoms with Crippen LogP contribution in [0, 0.1) is 6.92 Å². The molecule has 0 aliphatic rings. The van der Waals surface area contributed by atoms with E-state index in [0.29, 0.717) is 24.1 Å². The second-order valence-electron chi connectivity index (χ2n) is 5.78. The molecule has 0 radical (unpaired) electrons. The molecule has 7 nitrogen and oxygen atoms in total. The fraction of sp³-hybridized carbons (Fsp3) is 0.150. The average molecular weight is 364 g/mol. The number of para-hydroxylation sites is 1. The predicted octanol–water partition coefficient (Wildman–Crippen LogP) is 4.37. The van der Waals surface area contributed by atoms with Crippen molar-refractivity contribution in [3.8, 4) is 5.75 Å². The molecule has 0 aliphatic carbocycles. The van der Waals surface area contributed by atoms with E-state index >= 15 is 0 Å². The van der Waals surface area contributed by atoms with Gasteiger partial charge in [0.05, 0.1) is 17.9 Å². The number of aryl methyl sites for hydroxylation is 1. The van der Waals surface area contributed by atoms with E-state index in [2.05, 4.69) is 20.6 Å². The van der Waals surface area contributed by atoms with Gasteiger partial charge in [-0.05, 0) is 50.2 Å². The molecule has 2 aromatic carbocycles. The molecule has 7 heteroatoms. The Kier molecular flexibility index (Phi) is 5.51. The Bertz CT molecular complexity index is 942. The summed E-state index contributed by atoms with van der Waals surface area (Å²) in [7, 11) is 0. The van der Waals surface area contributed by atoms with Crippen LogP contribution in [0.5, 0.6) is 5.75 Å². The van der Waals surface area contributed by atoms with Gasteiger partial charge in [-0.2, -0.15) is 4.98 Å². The normalized spacial score (nSPS) is 10.3. The summed E-state index contributed by atoms with van der Waals surface area (Å²) in [5.74, 6) is 0.705. The zero-order valence-electron chi connectivity index (χ0n) is 15.1. The molecule has 27 heavy (non-hydrogen) atoms. The maximum absolute atomic E-state index is 11.4. The molecule has 0 atom stereocenters. The van der Waals surface area contributed by atoms with Crippen LogP contribution >= 0.6 is 0 Å². The highest BCUT2D eigenvalue weighted by Gasteiger charge is 2.10. The number of rotatable bonds is 7. The Morgan fingerprint density at radius 2 is 1.81 bits per heavy atom. The summed E-state index contributed by atoms with van der Waals surface area (Å²) in [6, 6.07) is 15.9. The van der Waals surface area contributed by atoms with Crippen LogP contribution in [0.2, 0.25) is 0 Å². The molecular formula is C20H20N4O3. The van der Waals surface area contributed by atoms with Gasteiger partial charge < -0.3 is 20.5 Å². The molecular weight excluding hydrogens is 344 g/mol. The molecule has 0 unspecified atom stereocenters. The fourth-order valence-electron chi connectivity index (χ4n) is 2.54. The zero-order valence-corrected chi connectivity index (χ0v) is 15.1. The van der Waals surface area contributed by atoms with E-state index in [1.54, 1.807) is 24.3 Å². The van der Waals surface area contributed by atoms with E-state index < -0.39 is 5.97 Å². The van der Waals surface area contributed by atoms with Crippen LogP contribution < -0.4 is 15.4 Å². The van der Waals surface area contributed by atoms with E-state index in [4.69, 9.17) is 4.74 Å². The van der Waals surface area contributed by atoms with Crippen molar-refractivity contribution in [2.45, 2.75) is 13.8 Å². The molecule has 0 spiro atoms. The predicted molar refractivity (Wildman–Crippen MR) is 104 cm³/mol. The highest BCUT2D eigenvalue weighted by Crippen LogP contribution is 2.23. The van der Waals surface area contributed by atoms with Crippen molar-refractivity contribution in [1.29, 1.82) is 0 Å².